The van der Waals surface area contributed by atoms with E-state index in [-0.39, 0.29) is 5.91 Å². The molecule has 2 heterocycles. The third-order valence-electron chi connectivity index (χ3n) is 4.03. The van der Waals surface area contributed by atoms with Gasteiger partial charge in [-0.15, -0.1) is 10.2 Å². The minimum absolute atomic E-state index is 0.0354. The van der Waals surface area contributed by atoms with Gasteiger partial charge in [-0.05, 0) is 24.6 Å². The number of aryl methyl sites for hydroxylation is 1. The van der Waals surface area contributed by atoms with E-state index in [1.54, 1.807) is 16.8 Å². The normalized spacial score (nSPS) is 13.6. The second-order valence-corrected chi connectivity index (χ2v) is 6.64. The fraction of sp³-hybridized carbons (Fsp3) is 0.167. The summed E-state index contributed by atoms with van der Waals surface area (Å²) in [6.45, 7) is 2.67. The number of carbonyl (C=O) groups is 1. The number of hydrogen-bond donors (Lipinski definition) is 0. The molecule has 24 heavy (non-hydrogen) atoms. The lowest BCUT2D eigenvalue weighted by Crippen LogP contribution is -2.45. The Bertz CT molecular complexity index is 891. The van der Waals surface area contributed by atoms with Gasteiger partial charge in [0.15, 0.2) is 5.82 Å². The van der Waals surface area contributed by atoms with Gasteiger partial charge in [0.05, 0.1) is 6.54 Å². The molecule has 5 nitrogen and oxygen atoms in total. The highest BCUT2D eigenvalue weighted by Gasteiger charge is 2.28. The Hall–Kier alpha value is -2.60. The van der Waals surface area contributed by atoms with E-state index in [4.69, 9.17) is 0 Å². The van der Waals surface area contributed by atoms with E-state index >= 15 is 0 Å². The topological polar surface area (TPSA) is 51.0 Å². The predicted octanol–water partition coefficient (Wildman–Crippen LogP) is 3.14. The highest BCUT2D eigenvalue weighted by atomic mass is 32.2. The molecular formula is C18H16N4OS. The van der Waals surface area contributed by atoms with Gasteiger partial charge < -0.3 is 0 Å². The Morgan fingerprint density at radius 3 is 2.58 bits per heavy atom. The minimum Gasteiger partial charge on any atom is -0.267 e. The molecular weight excluding hydrogens is 320 g/mol. The highest BCUT2D eigenvalue weighted by molar-refractivity contribution is 7.99. The van der Waals surface area contributed by atoms with Crippen LogP contribution in [0.4, 0.5) is 0 Å². The molecule has 0 spiro atoms. The molecule has 1 amide bonds. The van der Waals surface area contributed by atoms with Gasteiger partial charge in [-0.2, -0.15) is 0 Å². The fourth-order valence-electron chi connectivity index (χ4n) is 2.81. The van der Waals surface area contributed by atoms with Crippen molar-refractivity contribution in [2.45, 2.75) is 12.1 Å². The van der Waals surface area contributed by atoms with Crippen molar-refractivity contribution in [2.75, 3.05) is 17.3 Å². The van der Waals surface area contributed by atoms with Crippen LogP contribution in [0.25, 0.3) is 11.4 Å². The molecule has 2 aromatic carbocycles. The number of carbonyl (C=O) groups excluding carboxylic acids is 1. The SMILES string of the molecule is Cc1ccccc1-c1nnc2n1N(C(=O)c1ccccc1)CCS2. The number of benzene rings is 2. The summed E-state index contributed by atoms with van der Waals surface area (Å²) in [6.07, 6.45) is 0. The first-order valence-corrected chi connectivity index (χ1v) is 8.75. The number of fused-ring (bicyclic) bond motifs is 1. The van der Waals surface area contributed by atoms with Gasteiger partial charge in [0, 0.05) is 16.9 Å². The lowest BCUT2D eigenvalue weighted by atomic mass is 10.1. The minimum atomic E-state index is -0.0354. The highest BCUT2D eigenvalue weighted by Crippen LogP contribution is 2.29. The fourth-order valence-corrected chi connectivity index (χ4v) is 3.66. The van der Waals surface area contributed by atoms with Crippen molar-refractivity contribution in [1.29, 1.82) is 0 Å². The van der Waals surface area contributed by atoms with E-state index < -0.39 is 0 Å². The van der Waals surface area contributed by atoms with E-state index in [2.05, 4.69) is 10.2 Å². The lowest BCUT2D eigenvalue weighted by Gasteiger charge is -2.29. The average molecular weight is 336 g/mol. The first kappa shape index (κ1) is 15.0. The summed E-state index contributed by atoms with van der Waals surface area (Å²) in [5.74, 6) is 1.48. The summed E-state index contributed by atoms with van der Waals surface area (Å²) in [5, 5.41) is 11.1. The van der Waals surface area contributed by atoms with E-state index in [1.165, 1.54) is 0 Å². The van der Waals surface area contributed by atoms with Crippen LogP contribution in [0.1, 0.15) is 15.9 Å². The molecule has 0 unspecified atom stereocenters. The molecule has 0 fully saturated rings. The quantitative estimate of drug-likeness (QED) is 0.721. The van der Waals surface area contributed by atoms with Crippen LogP contribution in [-0.4, -0.2) is 33.1 Å². The van der Waals surface area contributed by atoms with Crippen LogP contribution in [0.2, 0.25) is 0 Å². The van der Waals surface area contributed by atoms with Crippen molar-refractivity contribution < 1.29 is 4.79 Å². The molecule has 0 N–H and O–H groups in total. The van der Waals surface area contributed by atoms with Crippen LogP contribution in [0, 0.1) is 6.92 Å². The molecule has 0 bridgehead atoms. The third-order valence-corrected chi connectivity index (χ3v) is 4.93. The van der Waals surface area contributed by atoms with E-state index in [1.807, 2.05) is 66.2 Å². The third kappa shape index (κ3) is 2.49. The van der Waals surface area contributed by atoms with Crippen molar-refractivity contribution in [2.24, 2.45) is 0 Å². The Kier molecular flexibility index (Phi) is 3.82. The summed E-state index contributed by atoms with van der Waals surface area (Å²) in [5.41, 5.74) is 2.76. The maximum Gasteiger partial charge on any atom is 0.272 e. The largest absolute Gasteiger partial charge is 0.272 e. The van der Waals surface area contributed by atoms with Gasteiger partial charge in [-0.1, -0.05) is 54.2 Å². The number of aromatic nitrogens is 3. The monoisotopic (exact) mass is 336 g/mol. The second kappa shape index (κ2) is 6.13. The molecule has 6 heteroatoms. The molecule has 1 aliphatic rings. The van der Waals surface area contributed by atoms with Crippen LogP contribution in [-0.2, 0) is 0 Å². The van der Waals surface area contributed by atoms with Gasteiger partial charge in [0.1, 0.15) is 0 Å². The van der Waals surface area contributed by atoms with Gasteiger partial charge in [-0.3, -0.25) is 4.79 Å². The molecule has 120 valence electrons. The second-order valence-electron chi connectivity index (χ2n) is 5.58. The lowest BCUT2D eigenvalue weighted by molar-refractivity contribution is 0.0956. The maximum absolute atomic E-state index is 13.0. The standard InChI is InChI=1S/C18H16N4OS/c1-13-7-5-6-10-15(13)16-19-20-18-22(16)21(11-12-24-18)17(23)14-8-3-2-4-9-14/h2-10H,11-12H2,1H3. The molecule has 1 aromatic heterocycles. The summed E-state index contributed by atoms with van der Waals surface area (Å²) >= 11 is 1.62. The maximum atomic E-state index is 13.0. The molecule has 0 radical (unpaired) electrons. The van der Waals surface area contributed by atoms with Crippen LogP contribution >= 0.6 is 11.8 Å². The number of nitrogens with zero attached hydrogens (tertiary/aromatic N) is 4. The first-order valence-electron chi connectivity index (χ1n) is 7.77. The van der Waals surface area contributed by atoms with Gasteiger partial charge in [0.25, 0.3) is 5.91 Å². The Morgan fingerprint density at radius 1 is 1.04 bits per heavy atom. The van der Waals surface area contributed by atoms with Crippen LogP contribution in [0.5, 0.6) is 0 Å². The molecule has 0 atom stereocenters. The number of rotatable bonds is 2. The zero-order valence-electron chi connectivity index (χ0n) is 13.2. The molecule has 1 aliphatic heterocycles. The van der Waals surface area contributed by atoms with Crippen molar-refractivity contribution >= 4 is 17.7 Å². The van der Waals surface area contributed by atoms with Crippen molar-refractivity contribution in [3.63, 3.8) is 0 Å². The van der Waals surface area contributed by atoms with E-state index in [9.17, 15) is 4.79 Å². The van der Waals surface area contributed by atoms with E-state index in [0.717, 1.165) is 22.0 Å². The van der Waals surface area contributed by atoms with Gasteiger partial charge in [0.2, 0.25) is 5.16 Å². The summed E-state index contributed by atoms with van der Waals surface area (Å²) in [6, 6.07) is 17.3. The summed E-state index contributed by atoms with van der Waals surface area (Å²) < 4.78 is 1.85. The van der Waals surface area contributed by atoms with Crippen molar-refractivity contribution in [3.8, 4) is 11.4 Å². The van der Waals surface area contributed by atoms with Crippen molar-refractivity contribution in [3.05, 3.63) is 65.7 Å². The van der Waals surface area contributed by atoms with Crippen LogP contribution < -0.4 is 5.01 Å². The molecule has 4 rings (SSSR count). The number of thioether (sulfide) groups is 1. The smallest absolute Gasteiger partial charge is 0.267 e. The van der Waals surface area contributed by atoms with Gasteiger partial charge >= 0.3 is 0 Å². The number of hydrogen-bond acceptors (Lipinski definition) is 4. The Balaban J connectivity index is 1.82. The van der Waals surface area contributed by atoms with Crippen LogP contribution in [0.15, 0.2) is 59.8 Å². The summed E-state index contributed by atoms with van der Waals surface area (Å²) in [4.78, 5) is 13.0. The summed E-state index contributed by atoms with van der Waals surface area (Å²) in [7, 11) is 0. The molecule has 0 aliphatic carbocycles. The van der Waals surface area contributed by atoms with Crippen molar-refractivity contribution in [1.82, 2.24) is 14.9 Å². The van der Waals surface area contributed by atoms with Crippen LogP contribution in [0.3, 0.4) is 0 Å². The zero-order chi connectivity index (χ0) is 16.5. The molecule has 0 saturated carbocycles. The Labute approximate surface area is 144 Å². The zero-order valence-corrected chi connectivity index (χ0v) is 14.0. The Morgan fingerprint density at radius 2 is 1.79 bits per heavy atom. The molecule has 0 saturated heterocycles. The average Bonchev–Trinajstić information content (AvgIpc) is 3.06. The van der Waals surface area contributed by atoms with Gasteiger partial charge in [-0.25, -0.2) is 9.69 Å². The van der Waals surface area contributed by atoms with E-state index in [0.29, 0.717) is 17.9 Å². The number of amides is 1. The molecule has 3 aromatic rings. The predicted molar refractivity (Wildman–Crippen MR) is 94.8 cm³/mol. The first-order chi connectivity index (χ1) is 11.8.